The number of amides is 1. The minimum Gasteiger partial charge on any atom is -0.387 e. The van der Waals surface area contributed by atoms with Gasteiger partial charge in [0.1, 0.15) is 0 Å². The number of nitrogens with one attached hydrogen (secondary N) is 1. The zero-order valence-electron chi connectivity index (χ0n) is 11.7. The highest BCUT2D eigenvalue weighted by molar-refractivity contribution is 6.34. The predicted octanol–water partition coefficient (Wildman–Crippen LogP) is 2.21. The highest BCUT2D eigenvalue weighted by atomic mass is 35.5. The summed E-state index contributed by atoms with van der Waals surface area (Å²) in [7, 11) is 0. The number of benzene rings is 1. The van der Waals surface area contributed by atoms with E-state index in [-0.39, 0.29) is 12.5 Å². The summed E-state index contributed by atoms with van der Waals surface area (Å²) < 4.78 is 1.66. The molecule has 8 heteroatoms. The van der Waals surface area contributed by atoms with Gasteiger partial charge in [-0.25, -0.2) is 0 Å². The van der Waals surface area contributed by atoms with Crippen molar-refractivity contribution >= 4 is 29.1 Å². The van der Waals surface area contributed by atoms with Gasteiger partial charge in [-0.15, -0.1) is 5.10 Å². The number of aliphatic hydroxyl groups excluding tert-OH is 1. The lowest BCUT2D eigenvalue weighted by molar-refractivity contribution is -0.121. The molecule has 6 nitrogen and oxygen atoms in total. The van der Waals surface area contributed by atoms with Crippen molar-refractivity contribution in [3.8, 4) is 0 Å². The van der Waals surface area contributed by atoms with Gasteiger partial charge in [-0.05, 0) is 30.2 Å². The fraction of sp³-hybridized carbons (Fsp3) is 0.357. The Labute approximate surface area is 138 Å². The monoisotopic (exact) mass is 342 g/mol. The van der Waals surface area contributed by atoms with Gasteiger partial charge in [-0.2, -0.15) is 0 Å². The Kier molecular flexibility index (Phi) is 6.18. The van der Waals surface area contributed by atoms with Crippen LogP contribution in [-0.4, -0.2) is 32.6 Å². The average molecular weight is 343 g/mol. The third-order valence-corrected chi connectivity index (χ3v) is 3.46. The molecule has 22 heavy (non-hydrogen) atoms. The molecule has 2 N–H and O–H groups in total. The molecule has 1 unspecified atom stereocenters. The van der Waals surface area contributed by atoms with Crippen LogP contribution in [-0.2, 0) is 11.3 Å². The van der Waals surface area contributed by atoms with E-state index in [4.69, 9.17) is 23.2 Å². The van der Waals surface area contributed by atoms with Crippen molar-refractivity contribution in [1.29, 1.82) is 0 Å². The number of rotatable bonds is 7. The molecule has 0 saturated heterocycles. The number of halogens is 2. The molecule has 1 amide bonds. The fourth-order valence-corrected chi connectivity index (χ4v) is 2.48. The Morgan fingerprint density at radius 1 is 1.32 bits per heavy atom. The molecule has 0 saturated carbocycles. The maximum atomic E-state index is 11.7. The van der Waals surface area contributed by atoms with Gasteiger partial charge in [0.2, 0.25) is 5.91 Å². The lowest BCUT2D eigenvalue weighted by Crippen LogP contribution is -2.28. The van der Waals surface area contributed by atoms with Gasteiger partial charge in [-0.3, -0.25) is 9.48 Å². The highest BCUT2D eigenvalue weighted by Crippen LogP contribution is 2.23. The first-order valence-corrected chi connectivity index (χ1v) is 7.55. The van der Waals surface area contributed by atoms with Gasteiger partial charge in [0.25, 0.3) is 0 Å². The topological polar surface area (TPSA) is 80.0 Å². The molecule has 1 heterocycles. The zero-order chi connectivity index (χ0) is 15.9. The van der Waals surface area contributed by atoms with Gasteiger partial charge in [-0.1, -0.05) is 28.4 Å². The van der Waals surface area contributed by atoms with Crippen molar-refractivity contribution in [2.24, 2.45) is 0 Å². The van der Waals surface area contributed by atoms with Crippen LogP contribution in [0.15, 0.2) is 30.6 Å². The quantitative estimate of drug-likeness (QED) is 0.808. The first kappa shape index (κ1) is 16.7. The third kappa shape index (κ3) is 5.29. The van der Waals surface area contributed by atoms with Crippen LogP contribution < -0.4 is 5.32 Å². The van der Waals surface area contributed by atoms with Crippen LogP contribution in [0.1, 0.15) is 24.5 Å². The number of carbonyl (C=O) groups is 1. The van der Waals surface area contributed by atoms with Crippen molar-refractivity contribution in [2.75, 3.05) is 6.54 Å². The predicted molar refractivity (Wildman–Crippen MR) is 83.7 cm³/mol. The average Bonchev–Trinajstić information content (AvgIpc) is 2.97. The van der Waals surface area contributed by atoms with E-state index in [1.54, 1.807) is 35.3 Å². The Balaban J connectivity index is 1.73. The van der Waals surface area contributed by atoms with Crippen LogP contribution in [0.5, 0.6) is 0 Å². The molecule has 0 aliphatic rings. The van der Waals surface area contributed by atoms with E-state index < -0.39 is 6.10 Å². The summed E-state index contributed by atoms with van der Waals surface area (Å²) in [5, 5.41) is 21.1. The second-order valence-electron chi connectivity index (χ2n) is 4.79. The van der Waals surface area contributed by atoms with Crippen LogP contribution in [0.2, 0.25) is 10.0 Å². The van der Waals surface area contributed by atoms with Crippen LogP contribution >= 0.6 is 23.2 Å². The van der Waals surface area contributed by atoms with E-state index in [1.807, 2.05) is 0 Å². The summed E-state index contributed by atoms with van der Waals surface area (Å²) in [6, 6.07) is 4.83. The van der Waals surface area contributed by atoms with Crippen molar-refractivity contribution in [1.82, 2.24) is 20.3 Å². The number of carbonyl (C=O) groups excluding carboxylic acids is 1. The molecule has 1 aromatic heterocycles. The summed E-state index contributed by atoms with van der Waals surface area (Å²) in [5.41, 5.74) is 0.570. The van der Waals surface area contributed by atoms with Gasteiger partial charge < -0.3 is 10.4 Å². The summed E-state index contributed by atoms with van der Waals surface area (Å²) in [6.07, 6.45) is 3.48. The minimum atomic E-state index is -0.851. The Morgan fingerprint density at radius 3 is 2.68 bits per heavy atom. The SMILES string of the molecule is O=C(CCCn1ccnn1)NCC(O)c1cc(Cl)cc(Cl)c1. The minimum absolute atomic E-state index is 0.110. The summed E-state index contributed by atoms with van der Waals surface area (Å²) in [6.45, 7) is 0.735. The molecule has 118 valence electrons. The van der Waals surface area contributed by atoms with E-state index >= 15 is 0 Å². The maximum absolute atomic E-state index is 11.7. The van der Waals surface area contributed by atoms with Gasteiger partial charge in [0.15, 0.2) is 0 Å². The Morgan fingerprint density at radius 2 is 2.05 bits per heavy atom. The third-order valence-electron chi connectivity index (χ3n) is 3.03. The molecule has 0 bridgehead atoms. The van der Waals surface area contributed by atoms with Crippen molar-refractivity contribution in [3.63, 3.8) is 0 Å². The number of hydrogen-bond donors (Lipinski definition) is 2. The van der Waals surface area contributed by atoms with Crippen LogP contribution in [0.4, 0.5) is 0 Å². The van der Waals surface area contributed by atoms with E-state index in [9.17, 15) is 9.90 Å². The number of aliphatic hydroxyl groups is 1. The summed E-state index contributed by atoms with van der Waals surface area (Å²) >= 11 is 11.8. The zero-order valence-corrected chi connectivity index (χ0v) is 13.3. The Bertz CT molecular complexity index is 599. The molecule has 1 aromatic carbocycles. The molecular formula is C14H16Cl2N4O2. The van der Waals surface area contributed by atoms with Crippen molar-refractivity contribution in [3.05, 3.63) is 46.2 Å². The molecule has 0 fully saturated rings. The lowest BCUT2D eigenvalue weighted by Gasteiger charge is -2.13. The number of nitrogens with zero attached hydrogens (tertiary/aromatic N) is 3. The second-order valence-corrected chi connectivity index (χ2v) is 5.67. The number of aryl methyl sites for hydroxylation is 1. The molecular weight excluding hydrogens is 327 g/mol. The molecule has 2 aromatic rings. The van der Waals surface area contributed by atoms with E-state index in [0.29, 0.717) is 35.0 Å². The van der Waals surface area contributed by atoms with Gasteiger partial charge in [0, 0.05) is 35.8 Å². The normalized spacial score (nSPS) is 12.1. The van der Waals surface area contributed by atoms with E-state index in [2.05, 4.69) is 15.6 Å². The molecule has 0 radical (unpaired) electrons. The van der Waals surface area contributed by atoms with Gasteiger partial charge in [0.05, 0.1) is 12.3 Å². The van der Waals surface area contributed by atoms with Crippen molar-refractivity contribution < 1.29 is 9.90 Å². The number of aromatic nitrogens is 3. The first-order valence-electron chi connectivity index (χ1n) is 6.79. The van der Waals surface area contributed by atoms with Crippen LogP contribution in [0, 0.1) is 0 Å². The molecule has 1 atom stereocenters. The maximum Gasteiger partial charge on any atom is 0.220 e. The molecule has 0 spiro atoms. The summed E-state index contributed by atoms with van der Waals surface area (Å²) in [4.78, 5) is 11.7. The van der Waals surface area contributed by atoms with Crippen molar-refractivity contribution in [2.45, 2.75) is 25.5 Å². The molecule has 0 aliphatic carbocycles. The second kappa shape index (κ2) is 8.12. The largest absolute Gasteiger partial charge is 0.387 e. The summed E-state index contributed by atoms with van der Waals surface area (Å²) in [5.74, 6) is -0.132. The molecule has 2 rings (SSSR count). The standard InChI is InChI=1S/C14H16Cl2N4O2/c15-11-6-10(7-12(16)8-11)13(21)9-17-14(22)2-1-4-20-5-3-18-19-20/h3,5-8,13,21H,1-2,4,9H2,(H,17,22). The lowest BCUT2D eigenvalue weighted by atomic mass is 10.1. The van der Waals surface area contributed by atoms with E-state index in [1.165, 1.54) is 0 Å². The molecule has 0 aliphatic heterocycles. The fourth-order valence-electron chi connectivity index (χ4n) is 1.94. The van der Waals surface area contributed by atoms with Gasteiger partial charge >= 0.3 is 0 Å². The number of hydrogen-bond acceptors (Lipinski definition) is 4. The van der Waals surface area contributed by atoms with E-state index in [0.717, 1.165) is 0 Å². The highest BCUT2D eigenvalue weighted by Gasteiger charge is 2.11. The first-order chi connectivity index (χ1) is 10.5. The smallest absolute Gasteiger partial charge is 0.220 e. The van der Waals surface area contributed by atoms with Crippen LogP contribution in [0.3, 0.4) is 0 Å². The van der Waals surface area contributed by atoms with Crippen LogP contribution in [0.25, 0.3) is 0 Å². The Hall–Kier alpha value is -1.63.